The summed E-state index contributed by atoms with van der Waals surface area (Å²) >= 11 is 0. The van der Waals surface area contributed by atoms with Crippen molar-refractivity contribution < 1.29 is 23.1 Å². The van der Waals surface area contributed by atoms with E-state index >= 15 is 0 Å². The maximum Gasteiger partial charge on any atom is 0.416 e. The number of hydrogen-bond acceptors (Lipinski definition) is 2. The molecule has 2 N–H and O–H groups in total. The van der Waals surface area contributed by atoms with Crippen LogP contribution in [0.5, 0.6) is 0 Å². The van der Waals surface area contributed by atoms with Gasteiger partial charge in [-0.1, -0.05) is 19.1 Å². The lowest BCUT2D eigenvalue weighted by molar-refractivity contribution is -0.143. The lowest BCUT2D eigenvalue weighted by Crippen LogP contribution is -2.36. The summed E-state index contributed by atoms with van der Waals surface area (Å²) in [6.07, 6.45) is -2.94. The van der Waals surface area contributed by atoms with Crippen molar-refractivity contribution in [2.24, 2.45) is 11.8 Å². The standard InChI is InChI=1S/C15H18F3NO2/c1-9(14(20)21)11-6-7-19-13(8-11)10-2-4-12(5-3-10)15(16,17)18/h2-5,9,11,13,19H,6-8H2,1H3,(H,20,21)/t9?,11-,13+/m0/s1. The van der Waals surface area contributed by atoms with Crippen LogP contribution >= 0.6 is 0 Å². The Morgan fingerprint density at radius 3 is 2.48 bits per heavy atom. The van der Waals surface area contributed by atoms with Gasteiger partial charge in [0.15, 0.2) is 0 Å². The Labute approximate surface area is 121 Å². The van der Waals surface area contributed by atoms with E-state index in [4.69, 9.17) is 5.11 Å². The third-order valence-corrected chi connectivity index (χ3v) is 4.18. The zero-order chi connectivity index (χ0) is 15.6. The molecule has 0 aliphatic carbocycles. The van der Waals surface area contributed by atoms with Crippen molar-refractivity contribution in [1.29, 1.82) is 0 Å². The molecular weight excluding hydrogens is 283 g/mol. The second-order valence-electron chi connectivity index (χ2n) is 5.54. The average Bonchev–Trinajstić information content (AvgIpc) is 2.46. The Morgan fingerprint density at radius 2 is 1.95 bits per heavy atom. The van der Waals surface area contributed by atoms with E-state index < -0.39 is 23.6 Å². The zero-order valence-electron chi connectivity index (χ0n) is 11.7. The van der Waals surface area contributed by atoms with Gasteiger partial charge in [0.05, 0.1) is 11.5 Å². The molecule has 2 rings (SSSR count). The summed E-state index contributed by atoms with van der Waals surface area (Å²) in [5.41, 5.74) is 0.0998. The van der Waals surface area contributed by atoms with Gasteiger partial charge >= 0.3 is 12.1 Å². The third kappa shape index (κ3) is 3.75. The minimum absolute atomic E-state index is 0.0380. The molecule has 0 spiro atoms. The number of halogens is 3. The zero-order valence-corrected chi connectivity index (χ0v) is 11.7. The van der Waals surface area contributed by atoms with Crippen LogP contribution in [0.4, 0.5) is 13.2 Å². The summed E-state index contributed by atoms with van der Waals surface area (Å²) in [5, 5.41) is 12.3. The van der Waals surface area contributed by atoms with Crippen LogP contribution in [0.25, 0.3) is 0 Å². The number of piperidine rings is 1. The molecule has 1 aliphatic rings. The minimum atomic E-state index is -4.33. The maximum atomic E-state index is 12.5. The first kappa shape index (κ1) is 15.8. The molecular formula is C15H18F3NO2. The number of benzene rings is 1. The molecule has 116 valence electrons. The lowest BCUT2D eigenvalue weighted by atomic mass is 9.81. The third-order valence-electron chi connectivity index (χ3n) is 4.18. The van der Waals surface area contributed by atoms with E-state index in [1.807, 2.05) is 0 Å². The highest BCUT2D eigenvalue weighted by Crippen LogP contribution is 2.34. The van der Waals surface area contributed by atoms with Crippen LogP contribution in [-0.2, 0) is 11.0 Å². The molecule has 1 aliphatic heterocycles. The van der Waals surface area contributed by atoms with Crippen molar-refractivity contribution in [1.82, 2.24) is 5.32 Å². The smallest absolute Gasteiger partial charge is 0.416 e. The van der Waals surface area contributed by atoms with Gasteiger partial charge in [-0.3, -0.25) is 4.79 Å². The van der Waals surface area contributed by atoms with Gasteiger partial charge in [0.25, 0.3) is 0 Å². The molecule has 1 heterocycles. The van der Waals surface area contributed by atoms with Crippen LogP contribution in [0.2, 0.25) is 0 Å². The molecule has 1 unspecified atom stereocenters. The highest BCUT2D eigenvalue weighted by molar-refractivity contribution is 5.69. The number of carbonyl (C=O) groups is 1. The van der Waals surface area contributed by atoms with E-state index in [1.54, 1.807) is 6.92 Å². The normalized spacial score (nSPS) is 24.6. The molecule has 3 nitrogen and oxygen atoms in total. The molecule has 0 aromatic heterocycles. The average molecular weight is 301 g/mol. The van der Waals surface area contributed by atoms with Crippen molar-refractivity contribution in [2.75, 3.05) is 6.54 Å². The van der Waals surface area contributed by atoms with Crippen molar-refractivity contribution >= 4 is 5.97 Å². The van der Waals surface area contributed by atoms with E-state index in [1.165, 1.54) is 12.1 Å². The molecule has 3 atom stereocenters. The Bertz CT molecular complexity index is 499. The van der Waals surface area contributed by atoms with E-state index in [2.05, 4.69) is 5.32 Å². The van der Waals surface area contributed by atoms with Gasteiger partial charge < -0.3 is 10.4 Å². The molecule has 0 amide bonds. The number of carboxylic acid groups (broad SMARTS) is 1. The predicted molar refractivity (Wildman–Crippen MR) is 71.7 cm³/mol. The molecule has 1 aromatic carbocycles. The Hall–Kier alpha value is -1.56. The SMILES string of the molecule is CC(C(=O)O)[C@H]1CCN[C@@H](c2ccc(C(F)(F)F)cc2)C1. The van der Waals surface area contributed by atoms with Crippen LogP contribution in [-0.4, -0.2) is 17.6 Å². The van der Waals surface area contributed by atoms with Crippen LogP contribution < -0.4 is 5.32 Å². The largest absolute Gasteiger partial charge is 0.481 e. The quantitative estimate of drug-likeness (QED) is 0.899. The number of carboxylic acids is 1. The topological polar surface area (TPSA) is 49.3 Å². The summed E-state index contributed by atoms with van der Waals surface area (Å²) in [6.45, 7) is 2.36. The number of rotatable bonds is 3. The van der Waals surface area contributed by atoms with Gasteiger partial charge in [-0.15, -0.1) is 0 Å². The van der Waals surface area contributed by atoms with Crippen molar-refractivity contribution in [3.05, 3.63) is 35.4 Å². The summed E-state index contributed by atoms with van der Waals surface area (Å²) in [7, 11) is 0. The van der Waals surface area contributed by atoms with Gasteiger partial charge in [0, 0.05) is 6.04 Å². The Balaban J connectivity index is 2.09. The summed E-state index contributed by atoms with van der Waals surface area (Å²) < 4.78 is 37.6. The summed E-state index contributed by atoms with van der Waals surface area (Å²) in [4.78, 5) is 11.1. The molecule has 1 aromatic rings. The van der Waals surface area contributed by atoms with Crippen LogP contribution in [0.3, 0.4) is 0 Å². The van der Waals surface area contributed by atoms with Gasteiger partial charge in [-0.2, -0.15) is 13.2 Å². The summed E-state index contributed by atoms with van der Waals surface area (Å²) in [5.74, 6) is -1.23. The number of nitrogens with one attached hydrogen (secondary N) is 1. The van der Waals surface area contributed by atoms with Gasteiger partial charge in [0.2, 0.25) is 0 Å². The van der Waals surface area contributed by atoms with E-state index in [0.717, 1.165) is 24.1 Å². The maximum absolute atomic E-state index is 12.5. The fraction of sp³-hybridized carbons (Fsp3) is 0.533. The Morgan fingerprint density at radius 1 is 1.33 bits per heavy atom. The highest BCUT2D eigenvalue weighted by atomic mass is 19.4. The molecule has 0 saturated carbocycles. The van der Waals surface area contributed by atoms with Crippen LogP contribution in [0, 0.1) is 11.8 Å². The fourth-order valence-electron chi connectivity index (χ4n) is 2.76. The fourth-order valence-corrected chi connectivity index (χ4v) is 2.76. The highest BCUT2D eigenvalue weighted by Gasteiger charge is 2.32. The van der Waals surface area contributed by atoms with Gasteiger partial charge in [0.1, 0.15) is 0 Å². The summed E-state index contributed by atoms with van der Waals surface area (Å²) in [6, 6.07) is 4.98. The van der Waals surface area contributed by atoms with Crippen molar-refractivity contribution in [3.8, 4) is 0 Å². The first-order valence-electron chi connectivity index (χ1n) is 6.92. The number of aliphatic carboxylic acids is 1. The van der Waals surface area contributed by atoms with Gasteiger partial charge in [-0.25, -0.2) is 0 Å². The van der Waals surface area contributed by atoms with Crippen molar-refractivity contribution in [2.45, 2.75) is 32.0 Å². The molecule has 1 fully saturated rings. The molecule has 1 saturated heterocycles. The monoisotopic (exact) mass is 301 g/mol. The lowest BCUT2D eigenvalue weighted by Gasteiger charge is -2.32. The van der Waals surface area contributed by atoms with Crippen LogP contribution in [0.1, 0.15) is 36.9 Å². The Kier molecular flexibility index (Phi) is 4.56. The molecule has 0 bridgehead atoms. The molecule has 21 heavy (non-hydrogen) atoms. The van der Waals surface area contributed by atoms with E-state index in [9.17, 15) is 18.0 Å². The minimum Gasteiger partial charge on any atom is -0.481 e. The second kappa shape index (κ2) is 6.05. The van der Waals surface area contributed by atoms with Crippen molar-refractivity contribution in [3.63, 3.8) is 0 Å². The second-order valence-corrected chi connectivity index (χ2v) is 5.54. The van der Waals surface area contributed by atoms with E-state index in [0.29, 0.717) is 13.0 Å². The first-order valence-corrected chi connectivity index (χ1v) is 6.92. The number of hydrogen-bond donors (Lipinski definition) is 2. The van der Waals surface area contributed by atoms with Gasteiger partial charge in [-0.05, 0) is 43.0 Å². The number of alkyl halides is 3. The predicted octanol–water partition coefficient (Wildman–Crippen LogP) is 3.47. The van der Waals surface area contributed by atoms with Crippen LogP contribution in [0.15, 0.2) is 24.3 Å². The first-order chi connectivity index (χ1) is 9.79. The van der Waals surface area contributed by atoms with E-state index in [-0.39, 0.29) is 12.0 Å². The molecule has 6 heteroatoms. The molecule has 0 radical (unpaired) electrons.